The molecule has 0 radical (unpaired) electrons. The number of hydrogen-bond donors (Lipinski definition) is 1. The van der Waals surface area contributed by atoms with Crippen LogP contribution in [0, 0.1) is 0 Å². The third-order valence-electron chi connectivity index (χ3n) is 6.34. The van der Waals surface area contributed by atoms with Gasteiger partial charge in [-0.1, -0.05) is 18.2 Å². The van der Waals surface area contributed by atoms with Crippen LogP contribution < -0.4 is 19.7 Å². The van der Waals surface area contributed by atoms with Crippen molar-refractivity contribution in [3.63, 3.8) is 0 Å². The van der Waals surface area contributed by atoms with Crippen LogP contribution in [0.3, 0.4) is 0 Å². The van der Waals surface area contributed by atoms with E-state index in [0.717, 1.165) is 15.8 Å². The second kappa shape index (κ2) is 8.53. The molecule has 3 heterocycles. The van der Waals surface area contributed by atoms with Gasteiger partial charge in [0.2, 0.25) is 5.91 Å². The van der Waals surface area contributed by atoms with Crippen molar-refractivity contribution in [3.05, 3.63) is 77.3 Å². The van der Waals surface area contributed by atoms with Crippen molar-refractivity contribution in [2.45, 2.75) is 25.6 Å². The molecule has 2 aromatic carbocycles. The summed E-state index contributed by atoms with van der Waals surface area (Å²) in [6.45, 7) is 2.44. The average molecular weight is 476 g/mol. The molecule has 0 aliphatic carbocycles. The Morgan fingerprint density at radius 1 is 1.09 bits per heavy atom. The number of carbonyl (C=O) groups is 2. The van der Waals surface area contributed by atoms with E-state index >= 15 is 0 Å². The Morgan fingerprint density at radius 2 is 1.85 bits per heavy atom. The lowest BCUT2D eigenvalue weighted by atomic mass is 9.93. The zero-order valence-electron chi connectivity index (χ0n) is 19.2. The molecule has 34 heavy (non-hydrogen) atoms. The van der Waals surface area contributed by atoms with E-state index in [-0.39, 0.29) is 18.4 Å². The molecule has 1 atom stereocenters. The van der Waals surface area contributed by atoms with Gasteiger partial charge in [0.05, 0.1) is 20.8 Å². The van der Waals surface area contributed by atoms with Crippen LogP contribution in [0.1, 0.15) is 23.0 Å². The molecule has 0 spiro atoms. The van der Waals surface area contributed by atoms with Gasteiger partial charge in [-0.15, -0.1) is 11.3 Å². The number of nitrogens with zero attached hydrogens (tertiary/aromatic N) is 2. The molecule has 0 saturated carbocycles. The molecule has 2 amide bonds. The Morgan fingerprint density at radius 3 is 2.59 bits per heavy atom. The molecule has 7 nitrogen and oxygen atoms in total. The number of carbonyl (C=O) groups excluding carboxylic acids is 2. The number of aromatic nitrogens is 1. The van der Waals surface area contributed by atoms with E-state index in [1.165, 1.54) is 0 Å². The van der Waals surface area contributed by atoms with Gasteiger partial charge in [-0.05, 0) is 54.8 Å². The Hall–Kier alpha value is -3.78. The Labute approximate surface area is 201 Å². The van der Waals surface area contributed by atoms with E-state index in [4.69, 9.17) is 9.47 Å². The highest BCUT2D eigenvalue weighted by Crippen LogP contribution is 2.37. The van der Waals surface area contributed by atoms with Crippen molar-refractivity contribution in [1.29, 1.82) is 0 Å². The summed E-state index contributed by atoms with van der Waals surface area (Å²) in [6, 6.07) is 18.7. The highest BCUT2D eigenvalue weighted by molar-refractivity contribution is 7.16. The van der Waals surface area contributed by atoms with Crippen molar-refractivity contribution in [2.24, 2.45) is 0 Å². The van der Waals surface area contributed by atoms with Gasteiger partial charge < -0.3 is 19.4 Å². The third-order valence-corrected chi connectivity index (χ3v) is 7.29. The lowest BCUT2D eigenvalue weighted by Gasteiger charge is -2.44. The van der Waals surface area contributed by atoms with E-state index in [2.05, 4.69) is 5.32 Å². The molecule has 0 saturated heterocycles. The molecule has 2 aromatic heterocycles. The number of nitrogens with one attached hydrogen (secondary N) is 1. The van der Waals surface area contributed by atoms with E-state index in [1.54, 1.807) is 42.6 Å². The zero-order chi connectivity index (χ0) is 23.9. The van der Waals surface area contributed by atoms with Gasteiger partial charge in [0.1, 0.15) is 27.6 Å². The molecule has 8 heteroatoms. The predicted octanol–water partition coefficient (Wildman–Crippen LogP) is 4.46. The number of benzene rings is 2. The molecule has 4 aromatic rings. The van der Waals surface area contributed by atoms with E-state index in [9.17, 15) is 9.59 Å². The van der Waals surface area contributed by atoms with Crippen molar-refractivity contribution in [1.82, 2.24) is 9.88 Å². The summed E-state index contributed by atoms with van der Waals surface area (Å²) in [5.41, 5.74) is 0.919. The summed E-state index contributed by atoms with van der Waals surface area (Å²) in [4.78, 5) is 30.2. The smallest absolute Gasteiger partial charge is 0.275 e. The van der Waals surface area contributed by atoms with Gasteiger partial charge in [-0.2, -0.15) is 0 Å². The molecule has 0 fully saturated rings. The third kappa shape index (κ3) is 3.51. The lowest BCUT2D eigenvalue weighted by molar-refractivity contribution is -0.126. The van der Waals surface area contributed by atoms with Crippen LogP contribution >= 0.6 is 11.3 Å². The van der Waals surface area contributed by atoms with Crippen molar-refractivity contribution in [2.75, 3.05) is 19.1 Å². The lowest BCUT2D eigenvalue weighted by Crippen LogP contribution is -2.64. The molecule has 1 aliphatic rings. The van der Waals surface area contributed by atoms with Crippen LogP contribution in [-0.2, 0) is 17.9 Å². The summed E-state index contributed by atoms with van der Waals surface area (Å²) in [5, 5.41) is 6.04. The first-order chi connectivity index (χ1) is 16.5. The van der Waals surface area contributed by atoms with Crippen LogP contribution in [0.25, 0.3) is 10.2 Å². The minimum atomic E-state index is -1.16. The van der Waals surface area contributed by atoms with E-state index < -0.39 is 5.54 Å². The standard InChI is InChI=1S/C26H25N3O4S/c1-26(25(31)27-15-18-6-4-5-7-22(18)33-3)16-28-21(14-17-12-13-34-24(17)28)23(30)29(26)19-8-10-20(32-2)11-9-19/h4-14H,15-16H2,1-3H3,(H,27,31)/t26-/m0/s1. The second-order valence-electron chi connectivity index (χ2n) is 8.40. The summed E-state index contributed by atoms with van der Waals surface area (Å²) in [7, 11) is 3.20. The fourth-order valence-corrected chi connectivity index (χ4v) is 5.44. The van der Waals surface area contributed by atoms with Gasteiger partial charge in [0, 0.05) is 23.2 Å². The molecule has 174 valence electrons. The molecule has 1 aliphatic heterocycles. The Bertz CT molecular complexity index is 1370. The number of methoxy groups -OCH3 is 2. The minimum Gasteiger partial charge on any atom is -0.497 e. The summed E-state index contributed by atoms with van der Waals surface area (Å²) in [6.07, 6.45) is 0. The topological polar surface area (TPSA) is 72.8 Å². The monoisotopic (exact) mass is 475 g/mol. The number of amides is 2. The molecular formula is C26H25N3O4S. The minimum absolute atomic E-state index is 0.213. The maximum absolute atomic E-state index is 13.8. The summed E-state index contributed by atoms with van der Waals surface area (Å²) in [5.74, 6) is 0.925. The molecule has 5 rings (SSSR count). The number of para-hydroxylation sites is 1. The van der Waals surface area contributed by atoms with E-state index in [1.807, 2.05) is 65.4 Å². The quantitative estimate of drug-likeness (QED) is 0.447. The van der Waals surface area contributed by atoms with Crippen molar-refractivity contribution in [3.8, 4) is 11.5 Å². The summed E-state index contributed by atoms with van der Waals surface area (Å²) < 4.78 is 12.7. The van der Waals surface area contributed by atoms with Gasteiger partial charge in [0.25, 0.3) is 5.91 Å². The average Bonchev–Trinajstić information content (AvgIpc) is 3.45. The van der Waals surface area contributed by atoms with Crippen molar-refractivity contribution < 1.29 is 19.1 Å². The maximum atomic E-state index is 13.8. The Balaban J connectivity index is 1.55. The number of fused-ring (bicyclic) bond motifs is 3. The van der Waals surface area contributed by atoms with Crippen LogP contribution in [0.5, 0.6) is 11.5 Å². The first-order valence-corrected chi connectivity index (χ1v) is 11.8. The largest absolute Gasteiger partial charge is 0.497 e. The van der Waals surface area contributed by atoms with Crippen LogP contribution in [0.2, 0.25) is 0 Å². The molecular weight excluding hydrogens is 450 g/mol. The highest BCUT2D eigenvalue weighted by Gasteiger charge is 2.48. The SMILES string of the molecule is COc1ccc(N2C(=O)c3cc4ccsc4n3C[C@@]2(C)C(=O)NCc2ccccc2OC)cc1. The van der Waals surface area contributed by atoms with Crippen LogP contribution in [-0.4, -0.2) is 36.1 Å². The predicted molar refractivity (Wildman–Crippen MR) is 133 cm³/mol. The number of hydrogen-bond acceptors (Lipinski definition) is 5. The van der Waals surface area contributed by atoms with Crippen LogP contribution in [0.4, 0.5) is 5.69 Å². The first kappa shape index (κ1) is 22.0. The second-order valence-corrected chi connectivity index (χ2v) is 9.30. The molecule has 0 unspecified atom stereocenters. The Kier molecular flexibility index (Phi) is 5.53. The number of thiophene rings is 1. The first-order valence-electron chi connectivity index (χ1n) is 10.9. The van der Waals surface area contributed by atoms with Crippen molar-refractivity contribution >= 4 is 39.1 Å². The van der Waals surface area contributed by atoms with Gasteiger partial charge in [0.15, 0.2) is 0 Å². The summed E-state index contributed by atoms with van der Waals surface area (Å²) >= 11 is 1.57. The van der Waals surface area contributed by atoms with Crippen LogP contribution in [0.15, 0.2) is 66.0 Å². The number of anilines is 1. The molecule has 1 N–H and O–H groups in total. The number of rotatable bonds is 6. The fourth-order valence-electron chi connectivity index (χ4n) is 4.55. The zero-order valence-corrected chi connectivity index (χ0v) is 20.0. The normalized spacial score (nSPS) is 17.5. The van der Waals surface area contributed by atoms with E-state index in [0.29, 0.717) is 29.4 Å². The molecule has 0 bridgehead atoms. The number of ether oxygens (including phenoxy) is 2. The fraction of sp³-hybridized carbons (Fsp3) is 0.231. The van der Waals surface area contributed by atoms with Gasteiger partial charge in [-0.3, -0.25) is 14.5 Å². The van der Waals surface area contributed by atoms with Gasteiger partial charge in [-0.25, -0.2) is 0 Å². The highest BCUT2D eigenvalue weighted by atomic mass is 32.1. The van der Waals surface area contributed by atoms with Gasteiger partial charge >= 0.3 is 0 Å². The maximum Gasteiger partial charge on any atom is 0.275 e.